The van der Waals surface area contributed by atoms with Crippen molar-refractivity contribution >= 4 is 44.1 Å². The summed E-state index contributed by atoms with van der Waals surface area (Å²) < 4.78 is 25.3. The Labute approximate surface area is 367 Å². The van der Waals surface area contributed by atoms with Gasteiger partial charge in [-0.05, 0) is 167 Å². The highest BCUT2D eigenvalue weighted by molar-refractivity contribution is 5.92. The van der Waals surface area contributed by atoms with Gasteiger partial charge in [-0.2, -0.15) is 0 Å². The van der Waals surface area contributed by atoms with E-state index in [4.69, 9.17) is 38.9 Å². The predicted molar refractivity (Wildman–Crippen MR) is 248 cm³/mol. The van der Waals surface area contributed by atoms with Gasteiger partial charge in [-0.15, -0.1) is 0 Å². The SMILES string of the molecule is COc1cc2c(cc1OC)C1(CC2(C)C)CC(C)(C)c2cc3c(cc21)Oc1cc2nc4cc5c(cc4nc2cc1O3)C1(C)CCC5(C)c2cc3nc4cc(C)c(C)cc4nc3cc21. The highest BCUT2D eigenvalue weighted by Gasteiger charge is 2.57. The highest BCUT2D eigenvalue weighted by atomic mass is 16.6. The minimum atomic E-state index is -0.219. The summed E-state index contributed by atoms with van der Waals surface area (Å²) in [7, 11) is 3.43. The summed E-state index contributed by atoms with van der Waals surface area (Å²) in [6, 6.07) is 26.5. The first-order valence-electron chi connectivity index (χ1n) is 22.4. The van der Waals surface area contributed by atoms with E-state index in [-0.39, 0.29) is 27.1 Å². The van der Waals surface area contributed by atoms with Gasteiger partial charge in [0.25, 0.3) is 0 Å². The number of fused-ring (bicyclic) bond motifs is 11. The van der Waals surface area contributed by atoms with E-state index in [0.717, 1.165) is 92.8 Å². The number of methoxy groups -OCH3 is 2. The summed E-state index contributed by atoms with van der Waals surface area (Å²) in [5.74, 6) is 4.27. The lowest BCUT2D eigenvalue weighted by Crippen LogP contribution is -2.46. The molecule has 5 aliphatic carbocycles. The summed E-state index contributed by atoms with van der Waals surface area (Å²) in [5, 5.41) is 0. The molecule has 0 fully saturated rings. The summed E-state index contributed by atoms with van der Waals surface area (Å²) >= 11 is 0. The lowest BCUT2D eigenvalue weighted by molar-refractivity contribution is 0.328. The maximum absolute atomic E-state index is 6.84. The van der Waals surface area contributed by atoms with E-state index in [1.54, 1.807) is 14.2 Å². The van der Waals surface area contributed by atoms with Gasteiger partial charge in [0.05, 0.1) is 58.4 Å². The molecular formula is C55H50N4O4. The van der Waals surface area contributed by atoms with Crippen molar-refractivity contribution in [1.29, 1.82) is 0 Å². The van der Waals surface area contributed by atoms with Crippen molar-refractivity contribution in [3.63, 3.8) is 0 Å². The molecule has 6 aliphatic rings. The van der Waals surface area contributed by atoms with Crippen molar-refractivity contribution in [2.45, 2.75) is 108 Å². The van der Waals surface area contributed by atoms with E-state index in [1.165, 1.54) is 55.6 Å². The van der Waals surface area contributed by atoms with E-state index < -0.39 is 0 Å². The van der Waals surface area contributed by atoms with Gasteiger partial charge in [0.2, 0.25) is 0 Å². The number of rotatable bonds is 2. The summed E-state index contributed by atoms with van der Waals surface area (Å²) in [6.07, 6.45) is 4.04. The largest absolute Gasteiger partial charge is 0.493 e. The average Bonchev–Trinajstić information content (AvgIpc) is 3.60. The Morgan fingerprint density at radius 1 is 0.397 bits per heavy atom. The molecule has 8 aromatic rings. The first kappa shape index (κ1) is 37.3. The van der Waals surface area contributed by atoms with Crippen LogP contribution >= 0.6 is 0 Å². The van der Waals surface area contributed by atoms with Crippen LogP contribution in [0.15, 0.2) is 72.8 Å². The van der Waals surface area contributed by atoms with E-state index in [0.29, 0.717) is 11.5 Å². The number of hydrogen-bond acceptors (Lipinski definition) is 8. The van der Waals surface area contributed by atoms with Crippen LogP contribution in [0.25, 0.3) is 44.1 Å². The van der Waals surface area contributed by atoms with Crippen LogP contribution in [0.5, 0.6) is 34.5 Å². The Morgan fingerprint density at radius 3 is 1.13 bits per heavy atom. The molecule has 8 heteroatoms. The number of nitrogens with zero attached hydrogens (tertiary/aromatic N) is 4. The summed E-state index contributed by atoms with van der Waals surface area (Å²) in [6.45, 7) is 18.5. The fourth-order valence-corrected chi connectivity index (χ4v) is 13.1. The second kappa shape index (κ2) is 11.6. The first-order valence-corrected chi connectivity index (χ1v) is 22.4. The Kier molecular flexibility index (Phi) is 6.89. The molecule has 8 nitrogen and oxygen atoms in total. The highest BCUT2D eigenvalue weighted by Crippen LogP contribution is 2.66. The van der Waals surface area contributed by atoms with Crippen LogP contribution in [-0.4, -0.2) is 34.2 Å². The maximum Gasteiger partial charge on any atom is 0.172 e. The van der Waals surface area contributed by atoms with E-state index in [2.05, 4.69) is 116 Å². The third kappa shape index (κ3) is 4.71. The molecule has 0 saturated carbocycles. The molecule has 0 radical (unpaired) electrons. The lowest BCUT2D eigenvalue weighted by atomic mass is 9.50. The second-order valence-electron chi connectivity index (χ2n) is 21.1. The molecule has 1 aliphatic heterocycles. The molecule has 1 spiro atoms. The van der Waals surface area contributed by atoms with Crippen LogP contribution in [0.1, 0.15) is 123 Å². The van der Waals surface area contributed by atoms with Crippen molar-refractivity contribution in [2.75, 3.05) is 14.2 Å². The standard InChI is InChI=1S/C55H50N4O4/c1-27-13-37-38(14-28(27)2)57-40-16-32-31(15-39(40)56-37)53(7)11-12-54(32,8)34-18-42-41(17-33(34)53)58-43-23-49-50(24-44(43)59-42)63-48-22-36-30(20-47(48)62-49)52(5,6)26-55(36)25-51(3,4)29-19-45(60-9)46(61-10)21-35(29)55/h13-24H,11-12,25-26H2,1-10H3. The minimum absolute atomic E-state index is 0.0684. The molecule has 3 unspecified atom stereocenters. The Balaban J connectivity index is 0.912. The maximum atomic E-state index is 6.84. The van der Waals surface area contributed by atoms with Crippen molar-refractivity contribution in [1.82, 2.24) is 19.9 Å². The van der Waals surface area contributed by atoms with Crippen molar-refractivity contribution in [3.05, 3.63) is 128 Å². The number of ether oxygens (including phenoxy) is 4. The van der Waals surface area contributed by atoms with Crippen molar-refractivity contribution in [2.24, 2.45) is 0 Å². The van der Waals surface area contributed by atoms with Crippen LogP contribution in [-0.2, 0) is 27.1 Å². The number of aromatic nitrogens is 4. The topological polar surface area (TPSA) is 88.5 Å². The molecule has 14 rings (SSSR count). The van der Waals surface area contributed by atoms with Crippen LogP contribution in [0, 0.1) is 13.8 Å². The quantitative estimate of drug-likeness (QED) is 0.159. The molecule has 6 aromatic carbocycles. The lowest BCUT2D eigenvalue weighted by Gasteiger charge is -2.53. The molecule has 63 heavy (non-hydrogen) atoms. The van der Waals surface area contributed by atoms with Gasteiger partial charge in [-0.25, -0.2) is 19.9 Å². The van der Waals surface area contributed by atoms with Crippen LogP contribution in [0.2, 0.25) is 0 Å². The fraction of sp³-hybridized carbons (Fsp3) is 0.345. The van der Waals surface area contributed by atoms with E-state index >= 15 is 0 Å². The molecule has 3 heterocycles. The van der Waals surface area contributed by atoms with Gasteiger partial charge >= 0.3 is 0 Å². The predicted octanol–water partition coefficient (Wildman–Crippen LogP) is 12.8. The average molecular weight is 831 g/mol. The molecule has 314 valence electrons. The van der Waals surface area contributed by atoms with Gasteiger partial charge < -0.3 is 18.9 Å². The molecule has 2 bridgehead atoms. The number of benzene rings is 6. The smallest absolute Gasteiger partial charge is 0.172 e. The summed E-state index contributed by atoms with van der Waals surface area (Å²) in [5.41, 5.74) is 19.3. The fourth-order valence-electron chi connectivity index (χ4n) is 13.1. The Hall–Kier alpha value is -6.28. The third-order valence-electron chi connectivity index (χ3n) is 16.4. The van der Waals surface area contributed by atoms with Gasteiger partial charge in [0, 0.05) is 28.4 Å². The molecule has 3 atom stereocenters. The number of hydrogen-bond donors (Lipinski definition) is 0. The Bertz CT molecular complexity index is 3460. The van der Waals surface area contributed by atoms with Crippen LogP contribution in [0.4, 0.5) is 0 Å². The van der Waals surface area contributed by atoms with E-state index in [9.17, 15) is 0 Å². The van der Waals surface area contributed by atoms with Crippen molar-refractivity contribution < 1.29 is 18.9 Å². The van der Waals surface area contributed by atoms with Gasteiger partial charge in [0.15, 0.2) is 34.5 Å². The molecular weight excluding hydrogens is 781 g/mol. The van der Waals surface area contributed by atoms with Crippen LogP contribution < -0.4 is 18.9 Å². The monoisotopic (exact) mass is 830 g/mol. The van der Waals surface area contributed by atoms with Gasteiger partial charge in [-0.3, -0.25) is 0 Å². The van der Waals surface area contributed by atoms with E-state index in [1.807, 2.05) is 12.1 Å². The van der Waals surface area contributed by atoms with Gasteiger partial charge in [-0.1, -0.05) is 41.5 Å². The van der Waals surface area contributed by atoms with Crippen LogP contribution in [0.3, 0.4) is 0 Å². The molecule has 0 N–H and O–H groups in total. The molecule has 0 amide bonds. The molecule has 0 saturated heterocycles. The zero-order chi connectivity index (χ0) is 43.3. The minimum Gasteiger partial charge on any atom is -0.493 e. The number of aryl methyl sites for hydroxylation is 2. The Morgan fingerprint density at radius 2 is 0.714 bits per heavy atom. The zero-order valence-corrected chi connectivity index (χ0v) is 37.7. The summed E-state index contributed by atoms with van der Waals surface area (Å²) in [4.78, 5) is 20.9. The third-order valence-corrected chi connectivity index (χ3v) is 16.4. The molecule has 2 aromatic heterocycles. The van der Waals surface area contributed by atoms with Gasteiger partial charge in [0.1, 0.15) is 0 Å². The second-order valence-corrected chi connectivity index (χ2v) is 21.1. The normalized spacial score (nSPS) is 23.8. The van der Waals surface area contributed by atoms with Crippen molar-refractivity contribution in [3.8, 4) is 34.5 Å². The first-order chi connectivity index (χ1) is 30.0. The zero-order valence-electron chi connectivity index (χ0n) is 37.7.